The summed E-state index contributed by atoms with van der Waals surface area (Å²) in [6.45, 7) is 6.14. The second kappa shape index (κ2) is 8.81. The first-order chi connectivity index (χ1) is 14.5. The lowest BCUT2D eigenvalue weighted by atomic mass is 10.1. The van der Waals surface area contributed by atoms with E-state index in [2.05, 4.69) is 48.5 Å². The molecule has 0 spiro atoms. The van der Waals surface area contributed by atoms with E-state index in [1.165, 1.54) is 0 Å². The number of imidazole rings is 1. The first-order valence-electron chi connectivity index (χ1n) is 9.66. The van der Waals surface area contributed by atoms with Crippen LogP contribution in [0.1, 0.15) is 26.3 Å². The molecular weight excluding hydrogens is 414 g/mol. The highest BCUT2D eigenvalue weighted by atomic mass is 35.5. The summed E-state index contributed by atoms with van der Waals surface area (Å²) >= 11 is 7.80. The molecule has 4 rings (SSSR count). The number of benzene rings is 2. The third-order valence-corrected chi connectivity index (χ3v) is 5.58. The van der Waals surface area contributed by atoms with Gasteiger partial charge in [0.1, 0.15) is 0 Å². The third-order valence-electron chi connectivity index (χ3n) is 4.51. The van der Waals surface area contributed by atoms with Gasteiger partial charge in [0.15, 0.2) is 0 Å². The van der Waals surface area contributed by atoms with Gasteiger partial charge in [-0.1, -0.05) is 35.9 Å². The molecule has 0 radical (unpaired) electrons. The summed E-state index contributed by atoms with van der Waals surface area (Å²) in [5, 5.41) is 7.70. The molecule has 5 nitrogen and oxygen atoms in total. The quantitative estimate of drug-likeness (QED) is 0.374. The lowest BCUT2D eigenvalue weighted by Gasteiger charge is -2.08. The number of rotatable bonds is 5. The highest BCUT2D eigenvalue weighted by Gasteiger charge is 2.10. The molecule has 2 aromatic heterocycles. The zero-order valence-electron chi connectivity index (χ0n) is 17.0. The summed E-state index contributed by atoms with van der Waals surface area (Å²) in [6.07, 6.45) is 5.48. The number of hydrogen-bond donors (Lipinski definition) is 0. The van der Waals surface area contributed by atoms with Crippen LogP contribution in [-0.2, 0) is 0 Å². The van der Waals surface area contributed by atoms with Crippen molar-refractivity contribution in [1.82, 2.24) is 14.2 Å². The Balaban J connectivity index is 1.77. The van der Waals surface area contributed by atoms with E-state index in [0.717, 1.165) is 33.0 Å². The normalized spacial score (nSPS) is 12.7. The van der Waals surface area contributed by atoms with Gasteiger partial charge in [0.05, 0.1) is 17.7 Å². The van der Waals surface area contributed by atoms with Crippen molar-refractivity contribution in [2.24, 2.45) is 10.1 Å². The average Bonchev–Trinajstić information content (AvgIpc) is 3.39. The predicted molar refractivity (Wildman–Crippen MR) is 125 cm³/mol. The monoisotopic (exact) mass is 435 g/mol. The van der Waals surface area contributed by atoms with Gasteiger partial charge in [0, 0.05) is 40.1 Å². The zero-order chi connectivity index (χ0) is 21.1. The summed E-state index contributed by atoms with van der Waals surface area (Å²) in [7, 11) is 0. The van der Waals surface area contributed by atoms with Crippen molar-refractivity contribution < 1.29 is 0 Å². The van der Waals surface area contributed by atoms with Gasteiger partial charge < -0.3 is 4.57 Å². The van der Waals surface area contributed by atoms with Crippen LogP contribution in [0.3, 0.4) is 0 Å². The van der Waals surface area contributed by atoms with E-state index in [9.17, 15) is 0 Å². The molecule has 4 aromatic rings. The molecule has 0 bridgehead atoms. The lowest BCUT2D eigenvalue weighted by Crippen LogP contribution is -2.16. The Labute approximate surface area is 184 Å². The first-order valence-corrected chi connectivity index (χ1v) is 10.9. The molecule has 7 heteroatoms. The van der Waals surface area contributed by atoms with E-state index in [0.29, 0.717) is 5.02 Å². The Hall–Kier alpha value is -2.96. The highest BCUT2D eigenvalue weighted by Crippen LogP contribution is 2.24. The molecule has 0 fully saturated rings. The number of nitrogens with zero attached hydrogens (tertiary/aromatic N) is 5. The van der Waals surface area contributed by atoms with E-state index in [-0.39, 0.29) is 6.04 Å². The van der Waals surface area contributed by atoms with Crippen molar-refractivity contribution in [3.8, 4) is 16.9 Å². The highest BCUT2D eigenvalue weighted by molar-refractivity contribution is 7.07. The van der Waals surface area contributed by atoms with Crippen molar-refractivity contribution in [3.63, 3.8) is 0 Å². The van der Waals surface area contributed by atoms with Crippen molar-refractivity contribution in [3.05, 3.63) is 88.0 Å². The van der Waals surface area contributed by atoms with Crippen LogP contribution >= 0.6 is 22.9 Å². The van der Waals surface area contributed by atoms with E-state index in [1.54, 1.807) is 23.9 Å². The van der Waals surface area contributed by atoms with Gasteiger partial charge in [-0.15, -0.1) is 11.3 Å². The Morgan fingerprint density at radius 3 is 2.60 bits per heavy atom. The minimum absolute atomic E-state index is 0.173. The molecular formula is C23H22ClN5S. The van der Waals surface area contributed by atoms with Crippen molar-refractivity contribution in [2.75, 3.05) is 0 Å². The second-order valence-corrected chi connectivity index (χ2v) is 8.42. The molecule has 0 atom stereocenters. The van der Waals surface area contributed by atoms with Gasteiger partial charge in [0.25, 0.3) is 0 Å². The molecule has 0 aliphatic carbocycles. The molecule has 2 heterocycles. The van der Waals surface area contributed by atoms with Crippen LogP contribution in [0, 0.1) is 0 Å². The van der Waals surface area contributed by atoms with E-state index < -0.39 is 0 Å². The van der Waals surface area contributed by atoms with Crippen LogP contribution in [0.25, 0.3) is 16.9 Å². The van der Waals surface area contributed by atoms with E-state index >= 15 is 0 Å². The number of hydrogen-bond acceptors (Lipinski definition) is 4. The van der Waals surface area contributed by atoms with Crippen molar-refractivity contribution in [1.29, 1.82) is 0 Å². The van der Waals surface area contributed by atoms with Crippen LogP contribution in [0.4, 0.5) is 0 Å². The summed E-state index contributed by atoms with van der Waals surface area (Å²) in [5.41, 5.74) is 4.98. The second-order valence-electron chi connectivity index (χ2n) is 7.15. The molecule has 0 aliphatic rings. The fourth-order valence-corrected chi connectivity index (χ4v) is 4.20. The molecule has 0 amide bonds. The van der Waals surface area contributed by atoms with Crippen LogP contribution < -0.4 is 4.80 Å². The van der Waals surface area contributed by atoms with Gasteiger partial charge in [-0.3, -0.25) is 4.99 Å². The Bertz CT molecular complexity index is 1230. The third kappa shape index (κ3) is 4.45. The largest absolute Gasteiger partial charge is 0.306 e. The maximum absolute atomic E-state index is 6.23. The molecule has 0 N–H and O–H groups in total. The number of aromatic nitrogens is 3. The molecule has 152 valence electrons. The maximum atomic E-state index is 6.23. The molecule has 0 saturated carbocycles. The first kappa shape index (κ1) is 20.3. The maximum Gasteiger partial charge on any atom is 0.206 e. The minimum Gasteiger partial charge on any atom is -0.306 e. The van der Waals surface area contributed by atoms with E-state index in [1.807, 2.05) is 46.6 Å². The van der Waals surface area contributed by atoms with Gasteiger partial charge in [-0.2, -0.15) is 5.10 Å². The molecule has 0 saturated heterocycles. The van der Waals surface area contributed by atoms with Gasteiger partial charge >= 0.3 is 0 Å². The molecule has 30 heavy (non-hydrogen) atoms. The van der Waals surface area contributed by atoms with Crippen molar-refractivity contribution in [2.45, 2.75) is 26.8 Å². The van der Waals surface area contributed by atoms with Gasteiger partial charge in [-0.05, 0) is 50.6 Å². The standard InChI is InChI=1S/C23H22ClN5S/c1-16(2)26-23-29(22(14-30-23)19-5-4-6-20(24)13-19)27-17(3)18-7-9-21(10-8-18)28-12-11-25-15-28/h4-16H,1-3H3/b26-23?,27-17-. The Morgan fingerprint density at radius 1 is 1.13 bits per heavy atom. The average molecular weight is 436 g/mol. The Kier molecular flexibility index (Phi) is 5.97. The molecule has 2 aromatic carbocycles. The summed E-state index contributed by atoms with van der Waals surface area (Å²) in [5.74, 6) is 0. The lowest BCUT2D eigenvalue weighted by molar-refractivity contribution is 0.753. The SMILES string of the molecule is C/C(=N/n1c(-c2cccc(Cl)c2)csc1=NC(C)C)c1ccc(-n2ccnc2)cc1. The van der Waals surface area contributed by atoms with Crippen LogP contribution in [-0.4, -0.2) is 26.0 Å². The Morgan fingerprint density at radius 2 is 1.93 bits per heavy atom. The summed E-state index contributed by atoms with van der Waals surface area (Å²) < 4.78 is 3.89. The number of thiazole rings is 1. The summed E-state index contributed by atoms with van der Waals surface area (Å²) in [6, 6.07) is 16.2. The van der Waals surface area contributed by atoms with Crippen LogP contribution in [0.2, 0.25) is 5.02 Å². The minimum atomic E-state index is 0.173. The fraction of sp³-hybridized carbons (Fsp3) is 0.174. The molecule has 0 aliphatic heterocycles. The smallest absolute Gasteiger partial charge is 0.206 e. The van der Waals surface area contributed by atoms with Gasteiger partial charge in [-0.25, -0.2) is 9.66 Å². The van der Waals surface area contributed by atoms with Gasteiger partial charge in [0.2, 0.25) is 4.80 Å². The fourth-order valence-electron chi connectivity index (χ4n) is 3.05. The topological polar surface area (TPSA) is 47.5 Å². The zero-order valence-corrected chi connectivity index (χ0v) is 18.6. The summed E-state index contributed by atoms with van der Waals surface area (Å²) in [4.78, 5) is 9.71. The van der Waals surface area contributed by atoms with Crippen LogP contribution in [0.15, 0.2) is 82.7 Å². The predicted octanol–water partition coefficient (Wildman–Crippen LogP) is 5.64. The van der Waals surface area contributed by atoms with Crippen molar-refractivity contribution >= 4 is 28.6 Å². The van der Waals surface area contributed by atoms with E-state index in [4.69, 9.17) is 21.7 Å². The molecule has 0 unspecified atom stereocenters. The number of halogens is 1. The van der Waals surface area contributed by atoms with Crippen LogP contribution in [0.5, 0.6) is 0 Å².